The lowest BCUT2D eigenvalue weighted by atomic mass is 10.1. The summed E-state index contributed by atoms with van der Waals surface area (Å²) in [4.78, 5) is 26.1. The van der Waals surface area contributed by atoms with Crippen LogP contribution in [0.15, 0.2) is 48.5 Å². The minimum Gasteiger partial charge on any atom is -0.323 e. The van der Waals surface area contributed by atoms with Crippen molar-refractivity contribution in [1.29, 1.82) is 0 Å². The van der Waals surface area contributed by atoms with Crippen molar-refractivity contribution in [2.24, 2.45) is 0 Å². The standard InChI is InChI=1S/C17H16N2O4S/c1-24(22,23)11-12-5-4-6-13(9-12)17(21)19-10-16(20)18-14-7-2-3-8-15(14)19/h2-9H,10-11H2,1H3,(H,18,20). The summed E-state index contributed by atoms with van der Waals surface area (Å²) in [6, 6.07) is 13.5. The van der Waals surface area contributed by atoms with Crippen LogP contribution in [0.25, 0.3) is 0 Å². The van der Waals surface area contributed by atoms with Gasteiger partial charge < -0.3 is 5.32 Å². The van der Waals surface area contributed by atoms with E-state index in [1.165, 1.54) is 4.90 Å². The third-order valence-corrected chi connectivity index (χ3v) is 4.48. The van der Waals surface area contributed by atoms with Crippen LogP contribution in [0.3, 0.4) is 0 Å². The Morgan fingerprint density at radius 1 is 1.17 bits per heavy atom. The highest BCUT2D eigenvalue weighted by Gasteiger charge is 2.27. The Bertz CT molecular complexity index is 922. The molecule has 3 rings (SSSR count). The van der Waals surface area contributed by atoms with Gasteiger partial charge in [0.2, 0.25) is 5.91 Å². The topological polar surface area (TPSA) is 83.6 Å². The van der Waals surface area contributed by atoms with Gasteiger partial charge >= 0.3 is 0 Å². The number of carbonyl (C=O) groups is 2. The zero-order valence-corrected chi connectivity index (χ0v) is 13.8. The van der Waals surface area contributed by atoms with Gasteiger partial charge in [-0.15, -0.1) is 0 Å². The van der Waals surface area contributed by atoms with E-state index in [-0.39, 0.29) is 24.1 Å². The highest BCUT2D eigenvalue weighted by Crippen LogP contribution is 2.30. The first-order valence-corrected chi connectivity index (χ1v) is 9.37. The molecule has 24 heavy (non-hydrogen) atoms. The summed E-state index contributed by atoms with van der Waals surface area (Å²) in [6.07, 6.45) is 1.15. The molecular formula is C17H16N2O4S. The normalized spacial score (nSPS) is 14.0. The lowest BCUT2D eigenvalue weighted by Crippen LogP contribution is -2.42. The van der Waals surface area contributed by atoms with Gasteiger partial charge in [0.05, 0.1) is 17.1 Å². The first-order chi connectivity index (χ1) is 11.3. The fourth-order valence-electron chi connectivity index (χ4n) is 2.67. The first kappa shape index (κ1) is 16.2. The Morgan fingerprint density at radius 2 is 1.92 bits per heavy atom. The third kappa shape index (κ3) is 3.46. The molecular weight excluding hydrogens is 328 g/mol. The Hall–Kier alpha value is -2.67. The van der Waals surface area contributed by atoms with E-state index >= 15 is 0 Å². The van der Waals surface area contributed by atoms with Gasteiger partial charge in [-0.3, -0.25) is 14.5 Å². The number of hydrogen-bond donors (Lipinski definition) is 1. The Balaban J connectivity index is 1.95. The monoisotopic (exact) mass is 344 g/mol. The van der Waals surface area contributed by atoms with E-state index in [1.807, 2.05) is 0 Å². The maximum Gasteiger partial charge on any atom is 0.258 e. The molecule has 124 valence electrons. The zero-order chi connectivity index (χ0) is 17.3. The Kier molecular flexibility index (Phi) is 4.11. The second kappa shape index (κ2) is 6.09. The van der Waals surface area contributed by atoms with Crippen LogP contribution in [0.4, 0.5) is 11.4 Å². The lowest BCUT2D eigenvalue weighted by Gasteiger charge is -2.29. The zero-order valence-electron chi connectivity index (χ0n) is 13.0. The van der Waals surface area contributed by atoms with Crippen molar-refractivity contribution in [1.82, 2.24) is 0 Å². The maximum atomic E-state index is 12.8. The molecule has 0 unspecified atom stereocenters. The van der Waals surface area contributed by atoms with Gasteiger partial charge in [0.25, 0.3) is 5.91 Å². The van der Waals surface area contributed by atoms with Gasteiger partial charge in [0, 0.05) is 11.8 Å². The van der Waals surface area contributed by atoms with E-state index in [1.54, 1.807) is 48.5 Å². The summed E-state index contributed by atoms with van der Waals surface area (Å²) in [7, 11) is -3.19. The number of para-hydroxylation sites is 2. The predicted molar refractivity (Wildman–Crippen MR) is 91.7 cm³/mol. The van der Waals surface area contributed by atoms with Crippen LogP contribution in [0, 0.1) is 0 Å². The molecule has 1 aliphatic heterocycles. The van der Waals surface area contributed by atoms with Crippen molar-refractivity contribution in [3.05, 3.63) is 59.7 Å². The van der Waals surface area contributed by atoms with E-state index in [0.717, 1.165) is 6.26 Å². The van der Waals surface area contributed by atoms with E-state index in [9.17, 15) is 18.0 Å². The number of sulfone groups is 1. The van der Waals surface area contributed by atoms with Crippen molar-refractivity contribution in [2.75, 3.05) is 23.0 Å². The van der Waals surface area contributed by atoms with Gasteiger partial charge in [-0.25, -0.2) is 8.42 Å². The summed E-state index contributed by atoms with van der Waals surface area (Å²) in [5.74, 6) is -0.743. The first-order valence-electron chi connectivity index (χ1n) is 7.31. The number of nitrogens with one attached hydrogen (secondary N) is 1. The van der Waals surface area contributed by atoms with Crippen LogP contribution in [0.1, 0.15) is 15.9 Å². The highest BCUT2D eigenvalue weighted by molar-refractivity contribution is 7.89. The number of fused-ring (bicyclic) bond motifs is 1. The molecule has 0 bridgehead atoms. The Labute approximate surface area is 140 Å². The quantitative estimate of drug-likeness (QED) is 0.921. The predicted octanol–water partition coefficient (Wildman–Crippen LogP) is 1.83. The summed E-state index contributed by atoms with van der Waals surface area (Å²) in [6.45, 7) is -0.0772. The number of benzene rings is 2. The number of rotatable bonds is 3. The molecule has 1 N–H and O–H groups in total. The second-order valence-corrected chi connectivity index (χ2v) is 7.87. The van der Waals surface area contributed by atoms with E-state index in [4.69, 9.17) is 0 Å². The smallest absolute Gasteiger partial charge is 0.258 e. The van der Waals surface area contributed by atoms with Gasteiger partial charge in [-0.2, -0.15) is 0 Å². The summed E-state index contributed by atoms with van der Waals surface area (Å²) < 4.78 is 22.9. The third-order valence-electron chi connectivity index (χ3n) is 3.62. The molecule has 0 radical (unpaired) electrons. The maximum absolute atomic E-state index is 12.8. The highest BCUT2D eigenvalue weighted by atomic mass is 32.2. The number of anilines is 2. The van der Waals surface area contributed by atoms with Crippen LogP contribution < -0.4 is 10.2 Å². The fraction of sp³-hybridized carbons (Fsp3) is 0.176. The van der Waals surface area contributed by atoms with Crippen LogP contribution >= 0.6 is 0 Å². The molecule has 0 aromatic heterocycles. The van der Waals surface area contributed by atoms with E-state index in [2.05, 4.69) is 5.32 Å². The molecule has 0 aliphatic carbocycles. The molecule has 0 saturated carbocycles. The number of carbonyl (C=O) groups excluding carboxylic acids is 2. The van der Waals surface area contributed by atoms with Crippen LogP contribution in [-0.2, 0) is 20.4 Å². The van der Waals surface area contributed by atoms with E-state index < -0.39 is 9.84 Å². The SMILES string of the molecule is CS(=O)(=O)Cc1cccc(C(=O)N2CC(=O)Nc3ccccc32)c1. The summed E-state index contributed by atoms with van der Waals surface area (Å²) in [5.41, 5.74) is 2.09. The molecule has 0 atom stereocenters. The van der Waals surface area contributed by atoms with Crippen molar-refractivity contribution in [2.45, 2.75) is 5.75 Å². The van der Waals surface area contributed by atoms with Crippen molar-refractivity contribution in [3.63, 3.8) is 0 Å². The van der Waals surface area contributed by atoms with Crippen LogP contribution in [0.5, 0.6) is 0 Å². The molecule has 6 nitrogen and oxygen atoms in total. The lowest BCUT2D eigenvalue weighted by molar-refractivity contribution is -0.115. The van der Waals surface area contributed by atoms with E-state index in [0.29, 0.717) is 22.5 Å². The molecule has 7 heteroatoms. The molecule has 0 spiro atoms. The van der Waals surface area contributed by atoms with Gasteiger partial charge in [-0.1, -0.05) is 24.3 Å². The average Bonchev–Trinajstić information content (AvgIpc) is 2.52. The molecule has 1 heterocycles. The van der Waals surface area contributed by atoms with Crippen LogP contribution in [0.2, 0.25) is 0 Å². The minimum atomic E-state index is -3.19. The van der Waals surface area contributed by atoms with Crippen molar-refractivity contribution in [3.8, 4) is 0 Å². The molecule has 2 amide bonds. The largest absolute Gasteiger partial charge is 0.323 e. The summed E-state index contributed by atoms with van der Waals surface area (Å²) in [5, 5.41) is 2.73. The Morgan fingerprint density at radius 3 is 2.67 bits per heavy atom. The molecule has 1 aliphatic rings. The number of amides is 2. The van der Waals surface area contributed by atoms with Gasteiger partial charge in [-0.05, 0) is 29.8 Å². The van der Waals surface area contributed by atoms with Gasteiger partial charge in [0.15, 0.2) is 9.84 Å². The number of hydrogen-bond acceptors (Lipinski definition) is 4. The molecule has 0 saturated heterocycles. The number of nitrogens with zero attached hydrogens (tertiary/aromatic N) is 1. The molecule has 2 aromatic carbocycles. The molecule has 0 fully saturated rings. The molecule has 2 aromatic rings. The minimum absolute atomic E-state index is 0.0772. The van der Waals surface area contributed by atoms with Crippen molar-refractivity contribution < 1.29 is 18.0 Å². The summed E-state index contributed by atoms with van der Waals surface area (Å²) >= 11 is 0. The van der Waals surface area contributed by atoms with Gasteiger partial charge in [0.1, 0.15) is 6.54 Å². The average molecular weight is 344 g/mol. The van der Waals surface area contributed by atoms with Crippen molar-refractivity contribution >= 4 is 33.0 Å². The fourth-order valence-corrected chi connectivity index (χ4v) is 3.45. The van der Waals surface area contributed by atoms with Crippen LogP contribution in [-0.4, -0.2) is 33.0 Å². The second-order valence-electron chi connectivity index (χ2n) is 5.73.